The Hall–Kier alpha value is 2.58. The summed E-state index contributed by atoms with van der Waals surface area (Å²) in [6.45, 7) is 2.26. The first-order valence-corrected chi connectivity index (χ1v) is 10.2. The molecule has 0 unspecified atom stereocenters. The maximum absolute atomic E-state index is 10.3. The van der Waals surface area contributed by atoms with E-state index in [1.165, 1.54) is 70.6 Å². The maximum atomic E-state index is 10.3. The van der Waals surface area contributed by atoms with Gasteiger partial charge in [0.05, 0.1) is 0 Å². The minimum Gasteiger partial charge on any atom is -0.822 e. The summed E-state index contributed by atoms with van der Waals surface area (Å²) >= 11 is 0. The standard InChI is InChI=1S/C16H32O2.3Na.H3O4P/c1-2-3-4-5-6-7-8-9-10-11-12-13-14-15-16(17)18;;;;1-5(2,3)4/h2-15H2,1H3,(H,17,18);;;;(H3,1,2,3,4)/q;3*+1;/p-3. The maximum Gasteiger partial charge on any atom is 1.00 e. The Morgan fingerprint density at radius 3 is 1.15 bits per heavy atom. The number of rotatable bonds is 14. The summed E-state index contributed by atoms with van der Waals surface area (Å²) in [5.74, 6) is -0.655. The fourth-order valence-corrected chi connectivity index (χ4v) is 2.29. The third-order valence-electron chi connectivity index (χ3n) is 3.49. The van der Waals surface area contributed by atoms with Crippen molar-refractivity contribution >= 4 is 13.8 Å². The minimum absolute atomic E-state index is 0. The van der Waals surface area contributed by atoms with Crippen LogP contribution in [0.15, 0.2) is 0 Å². The molecular formula is C16H32Na3O6P. The molecule has 0 heterocycles. The molecular weight excluding hydrogens is 388 g/mol. The number of unbranched alkanes of at least 4 members (excludes halogenated alkanes) is 12. The van der Waals surface area contributed by atoms with Crippen LogP contribution in [-0.4, -0.2) is 11.1 Å². The molecule has 1 N–H and O–H groups in total. The molecule has 0 aliphatic rings. The van der Waals surface area contributed by atoms with E-state index in [4.69, 9.17) is 24.4 Å². The van der Waals surface area contributed by atoms with Crippen molar-refractivity contribution in [3.05, 3.63) is 0 Å². The molecule has 26 heavy (non-hydrogen) atoms. The molecule has 6 nitrogen and oxygen atoms in total. The van der Waals surface area contributed by atoms with Gasteiger partial charge >= 0.3 is 94.6 Å². The molecule has 0 saturated carbocycles. The Morgan fingerprint density at radius 1 is 0.692 bits per heavy atom. The Balaban J connectivity index is -0.000000162. The first-order chi connectivity index (χ1) is 10.8. The molecule has 0 aliphatic carbocycles. The molecule has 0 spiro atoms. The van der Waals surface area contributed by atoms with E-state index in [1.807, 2.05) is 0 Å². The zero-order chi connectivity index (χ0) is 18.0. The van der Waals surface area contributed by atoms with E-state index in [2.05, 4.69) is 6.92 Å². The third kappa shape index (κ3) is 56.3. The van der Waals surface area contributed by atoms with Crippen LogP contribution in [-0.2, 0) is 9.36 Å². The van der Waals surface area contributed by atoms with Gasteiger partial charge in [-0.05, 0) is 6.42 Å². The van der Waals surface area contributed by atoms with E-state index in [-0.39, 0.29) is 88.7 Å². The second-order valence-electron chi connectivity index (χ2n) is 5.83. The molecule has 0 bridgehead atoms. The number of aliphatic carboxylic acids is 1. The van der Waals surface area contributed by atoms with Gasteiger partial charge in [-0.2, -0.15) is 7.82 Å². The van der Waals surface area contributed by atoms with Gasteiger partial charge in [0.15, 0.2) is 0 Å². The predicted octanol–water partition coefficient (Wildman–Crippen LogP) is -6.26. The van der Waals surface area contributed by atoms with Crippen LogP contribution in [0.4, 0.5) is 0 Å². The van der Waals surface area contributed by atoms with Crippen molar-refractivity contribution in [3.63, 3.8) is 0 Å². The molecule has 0 aromatic carbocycles. The second kappa shape index (κ2) is 29.8. The van der Waals surface area contributed by atoms with Crippen LogP contribution in [0.3, 0.4) is 0 Å². The third-order valence-corrected chi connectivity index (χ3v) is 3.49. The number of hydrogen-bond donors (Lipinski definition) is 1. The summed E-state index contributed by atoms with van der Waals surface area (Å²) in [4.78, 5) is 35.9. The molecule has 10 heteroatoms. The van der Waals surface area contributed by atoms with E-state index >= 15 is 0 Å². The van der Waals surface area contributed by atoms with E-state index in [9.17, 15) is 4.79 Å². The van der Waals surface area contributed by atoms with Crippen LogP contribution in [0.25, 0.3) is 0 Å². The number of phosphoric acid groups is 1. The molecule has 0 radical (unpaired) electrons. The van der Waals surface area contributed by atoms with Gasteiger partial charge in [0.2, 0.25) is 0 Å². The van der Waals surface area contributed by atoms with Gasteiger partial charge in [0.25, 0.3) is 0 Å². The topological polar surface area (TPSA) is 124 Å². The fourth-order valence-electron chi connectivity index (χ4n) is 2.29. The van der Waals surface area contributed by atoms with Gasteiger partial charge in [-0.3, -0.25) is 4.79 Å². The zero-order valence-electron chi connectivity index (χ0n) is 17.3. The SMILES string of the molecule is CCCCCCCCCCCCCCCC(=O)O.O=P([O-])([O-])[O-].[Na+].[Na+].[Na+]. The molecule has 0 aromatic heterocycles. The summed E-state index contributed by atoms with van der Waals surface area (Å²) in [5.41, 5.74) is 0. The summed E-state index contributed by atoms with van der Waals surface area (Å²) in [6.07, 6.45) is 17.3. The van der Waals surface area contributed by atoms with Gasteiger partial charge in [-0.1, -0.05) is 84.0 Å². The smallest absolute Gasteiger partial charge is 0.822 e. The number of hydrogen-bond acceptors (Lipinski definition) is 5. The molecule has 0 fully saturated rings. The summed E-state index contributed by atoms with van der Waals surface area (Å²) in [7, 11) is -5.39. The predicted molar refractivity (Wildman–Crippen MR) is 85.6 cm³/mol. The van der Waals surface area contributed by atoms with Crippen LogP contribution >= 0.6 is 7.82 Å². The van der Waals surface area contributed by atoms with Crippen molar-refractivity contribution in [1.29, 1.82) is 0 Å². The monoisotopic (exact) mass is 420 g/mol. The van der Waals surface area contributed by atoms with Gasteiger partial charge in [-0.25, -0.2) is 0 Å². The van der Waals surface area contributed by atoms with Crippen molar-refractivity contribution in [2.75, 3.05) is 0 Å². The Morgan fingerprint density at radius 2 is 0.923 bits per heavy atom. The largest absolute Gasteiger partial charge is 1.00 e. The fraction of sp³-hybridized carbons (Fsp3) is 0.938. The Bertz CT molecular complexity index is 308. The quantitative estimate of drug-likeness (QED) is 0.169. The van der Waals surface area contributed by atoms with Crippen molar-refractivity contribution in [2.24, 2.45) is 0 Å². The van der Waals surface area contributed by atoms with Gasteiger partial charge in [0.1, 0.15) is 0 Å². The van der Waals surface area contributed by atoms with E-state index in [0.29, 0.717) is 6.42 Å². The summed E-state index contributed by atoms with van der Waals surface area (Å²) < 4.78 is 8.55. The van der Waals surface area contributed by atoms with E-state index in [0.717, 1.165) is 12.8 Å². The van der Waals surface area contributed by atoms with Gasteiger partial charge < -0.3 is 24.4 Å². The summed E-state index contributed by atoms with van der Waals surface area (Å²) in [5, 5.41) is 8.49. The summed E-state index contributed by atoms with van der Waals surface area (Å²) in [6, 6.07) is 0. The van der Waals surface area contributed by atoms with Crippen molar-refractivity contribution in [1.82, 2.24) is 0 Å². The molecule has 0 rings (SSSR count). The molecule has 0 saturated heterocycles. The Labute approximate surface area is 225 Å². The molecule has 0 atom stereocenters. The van der Waals surface area contributed by atoms with Crippen LogP contribution in [0.2, 0.25) is 0 Å². The van der Waals surface area contributed by atoms with E-state index < -0.39 is 13.8 Å². The van der Waals surface area contributed by atoms with Crippen LogP contribution < -0.4 is 103 Å². The first-order valence-electron chi connectivity index (χ1n) is 8.72. The minimum atomic E-state index is -5.39. The average molecular weight is 420 g/mol. The normalized spacial score (nSPS) is 9.69. The molecule has 140 valence electrons. The second-order valence-corrected chi connectivity index (χ2v) is 6.73. The first kappa shape index (κ1) is 39.1. The Kier molecular flexibility index (Phi) is 44.8. The van der Waals surface area contributed by atoms with Crippen LogP contribution in [0, 0.1) is 0 Å². The number of carbonyl (C=O) groups is 1. The van der Waals surface area contributed by atoms with Crippen molar-refractivity contribution in [3.8, 4) is 0 Å². The average Bonchev–Trinajstić information content (AvgIpc) is 2.42. The van der Waals surface area contributed by atoms with Crippen LogP contribution in [0.1, 0.15) is 96.8 Å². The molecule has 0 aliphatic heterocycles. The van der Waals surface area contributed by atoms with Crippen molar-refractivity contribution < 1.29 is 118 Å². The zero-order valence-corrected chi connectivity index (χ0v) is 24.2. The molecule has 0 aromatic rings. The van der Waals surface area contributed by atoms with Gasteiger partial charge in [-0.15, -0.1) is 0 Å². The molecule has 0 amide bonds. The van der Waals surface area contributed by atoms with Gasteiger partial charge in [0, 0.05) is 6.42 Å². The number of carboxylic acid groups (broad SMARTS) is 1. The van der Waals surface area contributed by atoms with Crippen LogP contribution in [0.5, 0.6) is 0 Å². The number of carboxylic acids is 1. The van der Waals surface area contributed by atoms with Crippen molar-refractivity contribution in [2.45, 2.75) is 96.8 Å². The van der Waals surface area contributed by atoms with E-state index in [1.54, 1.807) is 0 Å².